The molecule has 2 aliphatic rings. The van der Waals surface area contributed by atoms with E-state index >= 15 is 0 Å². The third kappa shape index (κ3) is 3.85. The molecule has 1 N–H and O–H groups in total. The van der Waals surface area contributed by atoms with Gasteiger partial charge in [-0.05, 0) is 37.0 Å². The molecule has 1 amide bonds. The molecule has 8 nitrogen and oxygen atoms in total. The van der Waals surface area contributed by atoms with Gasteiger partial charge in [-0.15, -0.1) is 0 Å². The van der Waals surface area contributed by atoms with E-state index in [-0.39, 0.29) is 23.5 Å². The Morgan fingerprint density at radius 3 is 2.56 bits per heavy atom. The third-order valence-electron chi connectivity index (χ3n) is 5.08. The van der Waals surface area contributed by atoms with Crippen molar-refractivity contribution in [1.29, 1.82) is 0 Å². The first-order chi connectivity index (χ1) is 12.9. The van der Waals surface area contributed by atoms with Crippen LogP contribution in [0.4, 0.5) is 0 Å². The molecule has 0 aromatic heterocycles. The lowest BCUT2D eigenvalue weighted by molar-refractivity contribution is -0.141. The number of rotatable bonds is 5. The predicted molar refractivity (Wildman–Crippen MR) is 97.1 cm³/mol. The number of benzene rings is 1. The maximum atomic E-state index is 13.1. The quantitative estimate of drug-likeness (QED) is 0.795. The summed E-state index contributed by atoms with van der Waals surface area (Å²) in [4.78, 5) is 25.7. The zero-order valence-corrected chi connectivity index (χ0v) is 16.1. The number of carboxylic acids is 1. The Hall–Kier alpha value is -1.97. The number of amides is 1. The molecule has 148 valence electrons. The van der Waals surface area contributed by atoms with E-state index in [1.807, 2.05) is 6.92 Å². The molecule has 0 spiro atoms. The number of aliphatic carboxylic acids is 1. The molecule has 1 aromatic rings. The summed E-state index contributed by atoms with van der Waals surface area (Å²) in [6.45, 7) is 3.45. The zero-order chi connectivity index (χ0) is 19.6. The summed E-state index contributed by atoms with van der Waals surface area (Å²) in [7, 11) is -3.75. The van der Waals surface area contributed by atoms with Crippen molar-refractivity contribution in [3.05, 3.63) is 29.3 Å². The van der Waals surface area contributed by atoms with Crippen molar-refractivity contribution in [1.82, 2.24) is 9.21 Å². The number of hydrogen-bond donors (Lipinski definition) is 1. The monoisotopic (exact) mass is 396 g/mol. The highest BCUT2D eigenvalue weighted by Gasteiger charge is 2.35. The van der Waals surface area contributed by atoms with Crippen molar-refractivity contribution in [3.8, 4) is 0 Å². The van der Waals surface area contributed by atoms with Crippen molar-refractivity contribution in [3.63, 3.8) is 0 Å². The number of ether oxygens (including phenoxy) is 1. The normalized spacial score (nSPS) is 21.4. The van der Waals surface area contributed by atoms with Crippen LogP contribution >= 0.6 is 0 Å². The lowest BCUT2D eigenvalue weighted by Gasteiger charge is -2.27. The highest BCUT2D eigenvalue weighted by atomic mass is 32.2. The van der Waals surface area contributed by atoms with Gasteiger partial charge < -0.3 is 14.7 Å². The van der Waals surface area contributed by atoms with E-state index in [1.54, 1.807) is 12.1 Å². The molecule has 3 rings (SSSR count). The fourth-order valence-electron chi connectivity index (χ4n) is 3.58. The van der Waals surface area contributed by atoms with Crippen molar-refractivity contribution in [2.75, 3.05) is 32.8 Å². The van der Waals surface area contributed by atoms with Gasteiger partial charge >= 0.3 is 5.97 Å². The van der Waals surface area contributed by atoms with Crippen LogP contribution in [-0.4, -0.2) is 73.5 Å². The Kier molecular flexibility index (Phi) is 5.83. The zero-order valence-electron chi connectivity index (χ0n) is 15.3. The van der Waals surface area contributed by atoms with Gasteiger partial charge in [0.25, 0.3) is 5.91 Å². The van der Waals surface area contributed by atoms with E-state index in [0.29, 0.717) is 44.6 Å². The standard InChI is InChI=1S/C18H24N2O6S/c1-2-13-5-6-14(17(21)20-7-3-4-15(20)18(22)23)12-16(13)27(24,25)19-8-10-26-11-9-19/h5-6,12,15H,2-4,7-11H2,1H3,(H,22,23)/t15-/m0/s1. The molecule has 0 aliphatic carbocycles. The molecule has 1 atom stereocenters. The van der Waals surface area contributed by atoms with E-state index in [2.05, 4.69) is 0 Å². The molecule has 0 bridgehead atoms. The molecule has 9 heteroatoms. The Balaban J connectivity index is 1.96. The highest BCUT2D eigenvalue weighted by molar-refractivity contribution is 7.89. The number of nitrogens with zero attached hydrogens (tertiary/aromatic N) is 2. The molecule has 2 heterocycles. The molecule has 2 fully saturated rings. The number of likely N-dealkylation sites (tertiary alicyclic amines) is 1. The van der Waals surface area contributed by atoms with Gasteiger partial charge in [-0.1, -0.05) is 13.0 Å². The summed E-state index contributed by atoms with van der Waals surface area (Å²) in [5.41, 5.74) is 0.835. The largest absolute Gasteiger partial charge is 0.480 e. The molecule has 2 saturated heterocycles. The van der Waals surface area contributed by atoms with E-state index < -0.39 is 27.9 Å². The summed E-state index contributed by atoms with van der Waals surface area (Å²) in [5, 5.41) is 9.31. The summed E-state index contributed by atoms with van der Waals surface area (Å²) < 4.78 is 32.8. The Morgan fingerprint density at radius 2 is 1.93 bits per heavy atom. The number of carboxylic acid groups (broad SMARTS) is 1. The predicted octanol–water partition coefficient (Wildman–Crippen LogP) is 0.959. The van der Waals surface area contributed by atoms with E-state index in [1.165, 1.54) is 15.3 Å². The second kappa shape index (κ2) is 7.95. The van der Waals surface area contributed by atoms with Crippen LogP contribution in [0.2, 0.25) is 0 Å². The molecular formula is C18H24N2O6S. The lowest BCUT2D eigenvalue weighted by Crippen LogP contribution is -2.41. The van der Waals surface area contributed by atoms with Crippen molar-refractivity contribution < 1.29 is 27.9 Å². The highest BCUT2D eigenvalue weighted by Crippen LogP contribution is 2.26. The average Bonchev–Trinajstić information content (AvgIpc) is 3.17. The van der Waals surface area contributed by atoms with Gasteiger partial charge in [0.15, 0.2) is 0 Å². The van der Waals surface area contributed by atoms with Crippen molar-refractivity contribution in [2.45, 2.75) is 37.1 Å². The fraction of sp³-hybridized carbons (Fsp3) is 0.556. The van der Waals surface area contributed by atoms with Crippen LogP contribution in [0.15, 0.2) is 23.1 Å². The van der Waals surface area contributed by atoms with Crippen LogP contribution in [0, 0.1) is 0 Å². The molecule has 2 aliphatic heterocycles. The summed E-state index contributed by atoms with van der Waals surface area (Å²) in [6.07, 6.45) is 1.54. The lowest BCUT2D eigenvalue weighted by atomic mass is 10.1. The number of aryl methyl sites for hydroxylation is 1. The van der Waals surface area contributed by atoms with Crippen LogP contribution in [0.3, 0.4) is 0 Å². The first kappa shape index (κ1) is 19.8. The Morgan fingerprint density at radius 1 is 1.22 bits per heavy atom. The second-order valence-corrected chi connectivity index (χ2v) is 8.59. The first-order valence-corrected chi connectivity index (χ1v) is 10.5. The van der Waals surface area contributed by atoms with Crippen LogP contribution in [0.25, 0.3) is 0 Å². The van der Waals surface area contributed by atoms with Gasteiger partial charge in [-0.25, -0.2) is 13.2 Å². The molecule has 27 heavy (non-hydrogen) atoms. The minimum absolute atomic E-state index is 0.115. The van der Waals surface area contributed by atoms with Gasteiger partial charge in [0.1, 0.15) is 6.04 Å². The van der Waals surface area contributed by atoms with Crippen LogP contribution in [0.5, 0.6) is 0 Å². The van der Waals surface area contributed by atoms with Crippen molar-refractivity contribution in [2.24, 2.45) is 0 Å². The van der Waals surface area contributed by atoms with Gasteiger partial charge in [0.2, 0.25) is 10.0 Å². The fourth-order valence-corrected chi connectivity index (χ4v) is 5.31. The first-order valence-electron chi connectivity index (χ1n) is 9.11. The molecule has 1 aromatic carbocycles. The summed E-state index contributed by atoms with van der Waals surface area (Å²) in [6, 6.07) is 3.76. The number of carbonyl (C=O) groups is 2. The smallest absolute Gasteiger partial charge is 0.326 e. The molecule has 0 radical (unpaired) electrons. The van der Waals surface area contributed by atoms with Crippen molar-refractivity contribution >= 4 is 21.9 Å². The minimum Gasteiger partial charge on any atom is -0.480 e. The third-order valence-corrected chi connectivity index (χ3v) is 7.06. The number of carbonyl (C=O) groups excluding carboxylic acids is 1. The topological polar surface area (TPSA) is 104 Å². The van der Waals surface area contributed by atoms with E-state index in [4.69, 9.17) is 4.74 Å². The number of hydrogen-bond acceptors (Lipinski definition) is 5. The Labute approximate surface area is 158 Å². The van der Waals surface area contributed by atoms with Crippen LogP contribution in [0.1, 0.15) is 35.7 Å². The maximum absolute atomic E-state index is 13.1. The van der Waals surface area contributed by atoms with Gasteiger partial charge in [0.05, 0.1) is 18.1 Å². The SMILES string of the molecule is CCc1ccc(C(=O)N2CCC[C@H]2C(=O)O)cc1S(=O)(=O)N1CCOCC1. The van der Waals surface area contributed by atoms with E-state index in [0.717, 1.165) is 0 Å². The maximum Gasteiger partial charge on any atom is 0.326 e. The number of morpholine rings is 1. The average molecular weight is 396 g/mol. The van der Waals surface area contributed by atoms with E-state index in [9.17, 15) is 23.1 Å². The second-order valence-electron chi connectivity index (χ2n) is 6.69. The van der Waals surface area contributed by atoms with Gasteiger partial charge in [-0.3, -0.25) is 4.79 Å². The minimum atomic E-state index is -3.75. The summed E-state index contributed by atoms with van der Waals surface area (Å²) >= 11 is 0. The number of sulfonamides is 1. The Bertz CT molecular complexity index is 832. The molecule has 0 saturated carbocycles. The molecular weight excluding hydrogens is 372 g/mol. The summed E-state index contributed by atoms with van der Waals surface area (Å²) in [5.74, 6) is -1.48. The molecule has 0 unspecified atom stereocenters. The van der Waals surface area contributed by atoms with Crippen LogP contribution < -0.4 is 0 Å². The van der Waals surface area contributed by atoms with Crippen LogP contribution in [-0.2, 0) is 26.0 Å². The van der Waals surface area contributed by atoms with Gasteiger partial charge in [-0.2, -0.15) is 4.31 Å². The van der Waals surface area contributed by atoms with Gasteiger partial charge in [0, 0.05) is 25.2 Å².